The van der Waals surface area contributed by atoms with Gasteiger partial charge in [0, 0.05) is 20.4 Å². The van der Waals surface area contributed by atoms with Gasteiger partial charge in [-0.25, -0.2) is 0 Å². The largest absolute Gasteiger partial charge is 0.466 e. The standard InChI is InChI=1S/C14H19BN2O5/c1-5-22-12(18)7-10-11(6-9(15)8-16-10)17-13(19)14(2,20-3)21-4/h6,8H,5,7H2,1-4H3,(H,17,19). The van der Waals surface area contributed by atoms with E-state index < -0.39 is 17.7 Å². The summed E-state index contributed by atoms with van der Waals surface area (Å²) in [5.74, 6) is -2.46. The average Bonchev–Trinajstić information content (AvgIpc) is 2.49. The first-order chi connectivity index (χ1) is 10.4. The van der Waals surface area contributed by atoms with Crippen molar-refractivity contribution in [1.29, 1.82) is 0 Å². The fourth-order valence-electron chi connectivity index (χ4n) is 1.61. The third-order valence-electron chi connectivity index (χ3n) is 3.05. The van der Waals surface area contributed by atoms with Gasteiger partial charge in [0.15, 0.2) is 0 Å². The van der Waals surface area contributed by atoms with Crippen molar-refractivity contribution >= 4 is 30.9 Å². The second-order valence-corrected chi connectivity index (χ2v) is 4.55. The van der Waals surface area contributed by atoms with Gasteiger partial charge in [0.1, 0.15) is 7.85 Å². The van der Waals surface area contributed by atoms with Gasteiger partial charge in [0.2, 0.25) is 5.79 Å². The number of amides is 1. The predicted molar refractivity (Wildman–Crippen MR) is 81.0 cm³/mol. The van der Waals surface area contributed by atoms with E-state index in [9.17, 15) is 9.59 Å². The van der Waals surface area contributed by atoms with Crippen LogP contribution in [-0.2, 0) is 30.2 Å². The molecule has 22 heavy (non-hydrogen) atoms. The average molecular weight is 306 g/mol. The predicted octanol–water partition coefficient (Wildman–Crippen LogP) is -0.0715. The van der Waals surface area contributed by atoms with Crippen molar-refractivity contribution in [2.75, 3.05) is 26.1 Å². The molecule has 1 aromatic rings. The summed E-state index contributed by atoms with van der Waals surface area (Å²) in [6.07, 6.45) is 1.32. The van der Waals surface area contributed by atoms with Crippen LogP contribution in [-0.4, -0.2) is 51.3 Å². The van der Waals surface area contributed by atoms with E-state index in [0.29, 0.717) is 16.8 Å². The van der Waals surface area contributed by atoms with Crippen molar-refractivity contribution in [3.05, 3.63) is 18.0 Å². The number of aromatic nitrogens is 1. The van der Waals surface area contributed by atoms with Crippen molar-refractivity contribution in [1.82, 2.24) is 4.98 Å². The number of carbonyl (C=O) groups is 2. The molecule has 0 atom stereocenters. The lowest BCUT2D eigenvalue weighted by atomic mass is 9.97. The molecule has 0 saturated heterocycles. The molecule has 0 unspecified atom stereocenters. The third-order valence-corrected chi connectivity index (χ3v) is 3.05. The zero-order valence-corrected chi connectivity index (χ0v) is 13.1. The first-order valence-corrected chi connectivity index (χ1v) is 6.68. The van der Waals surface area contributed by atoms with Gasteiger partial charge < -0.3 is 19.5 Å². The first-order valence-electron chi connectivity index (χ1n) is 6.68. The summed E-state index contributed by atoms with van der Waals surface area (Å²) < 4.78 is 14.9. The summed E-state index contributed by atoms with van der Waals surface area (Å²) in [6, 6.07) is 1.51. The Morgan fingerprint density at radius 2 is 2.00 bits per heavy atom. The minimum Gasteiger partial charge on any atom is -0.466 e. The van der Waals surface area contributed by atoms with Crippen LogP contribution < -0.4 is 10.8 Å². The van der Waals surface area contributed by atoms with Gasteiger partial charge in [-0.1, -0.05) is 5.46 Å². The topological polar surface area (TPSA) is 86.8 Å². The van der Waals surface area contributed by atoms with Crippen LogP contribution in [0.25, 0.3) is 0 Å². The number of methoxy groups -OCH3 is 2. The quantitative estimate of drug-likeness (QED) is 0.431. The summed E-state index contributed by atoms with van der Waals surface area (Å²) >= 11 is 0. The lowest BCUT2D eigenvalue weighted by Crippen LogP contribution is -2.44. The number of rotatable bonds is 7. The molecule has 0 aliphatic carbocycles. The molecule has 0 aliphatic rings. The normalized spacial score (nSPS) is 11.1. The van der Waals surface area contributed by atoms with E-state index in [4.69, 9.17) is 22.1 Å². The number of hydrogen-bond acceptors (Lipinski definition) is 6. The summed E-state index contributed by atoms with van der Waals surface area (Å²) in [5, 5.41) is 2.60. The Labute approximate surface area is 130 Å². The maximum absolute atomic E-state index is 12.2. The van der Waals surface area contributed by atoms with Crippen LogP contribution in [0.3, 0.4) is 0 Å². The molecule has 1 N–H and O–H groups in total. The summed E-state index contributed by atoms with van der Waals surface area (Å²) in [6.45, 7) is 3.44. The molecular weight excluding hydrogens is 287 g/mol. The summed E-state index contributed by atoms with van der Waals surface area (Å²) in [7, 11) is 8.37. The molecule has 0 aliphatic heterocycles. The van der Waals surface area contributed by atoms with Crippen LogP contribution in [0.2, 0.25) is 0 Å². The molecular formula is C14H19BN2O5. The highest BCUT2D eigenvalue weighted by Crippen LogP contribution is 2.17. The smallest absolute Gasteiger partial charge is 0.311 e. The molecule has 118 valence electrons. The molecule has 1 amide bonds. The van der Waals surface area contributed by atoms with Crippen molar-refractivity contribution in [3.63, 3.8) is 0 Å². The number of nitrogens with one attached hydrogen (secondary N) is 1. The van der Waals surface area contributed by atoms with E-state index in [1.807, 2.05) is 0 Å². The highest BCUT2D eigenvalue weighted by atomic mass is 16.7. The fraction of sp³-hybridized carbons (Fsp3) is 0.500. The van der Waals surface area contributed by atoms with Crippen LogP contribution in [0.4, 0.5) is 5.69 Å². The summed E-state index contributed by atoms with van der Waals surface area (Å²) in [4.78, 5) is 27.9. The Morgan fingerprint density at radius 3 is 2.55 bits per heavy atom. The van der Waals surface area contributed by atoms with E-state index in [2.05, 4.69) is 10.3 Å². The number of nitrogens with zero attached hydrogens (tertiary/aromatic N) is 1. The van der Waals surface area contributed by atoms with Gasteiger partial charge in [0.25, 0.3) is 5.91 Å². The monoisotopic (exact) mass is 306 g/mol. The van der Waals surface area contributed by atoms with E-state index >= 15 is 0 Å². The number of anilines is 1. The number of carbonyl (C=O) groups excluding carboxylic acids is 2. The van der Waals surface area contributed by atoms with Gasteiger partial charge in [-0.15, -0.1) is 0 Å². The number of pyridine rings is 1. The summed E-state index contributed by atoms with van der Waals surface area (Å²) in [5.41, 5.74) is 0.994. The maximum Gasteiger partial charge on any atom is 0.311 e. The van der Waals surface area contributed by atoms with Crippen molar-refractivity contribution in [2.45, 2.75) is 26.1 Å². The third kappa shape index (κ3) is 4.54. The molecule has 0 fully saturated rings. The Morgan fingerprint density at radius 1 is 1.36 bits per heavy atom. The Balaban J connectivity index is 3.00. The molecule has 0 spiro atoms. The van der Waals surface area contributed by atoms with Gasteiger partial charge in [0.05, 0.1) is 24.4 Å². The number of esters is 1. The van der Waals surface area contributed by atoms with Gasteiger partial charge in [-0.3, -0.25) is 14.6 Å². The molecule has 0 saturated carbocycles. The van der Waals surface area contributed by atoms with Crippen molar-refractivity contribution in [2.24, 2.45) is 0 Å². The van der Waals surface area contributed by atoms with Gasteiger partial charge in [-0.05, 0) is 19.9 Å². The molecule has 2 radical (unpaired) electrons. The van der Waals surface area contributed by atoms with E-state index in [0.717, 1.165) is 0 Å². The number of ether oxygens (including phenoxy) is 3. The first kappa shape index (κ1) is 18.1. The SMILES string of the molecule is [B]c1cnc(CC(=O)OCC)c(NC(=O)C(C)(OC)OC)c1. The molecule has 1 rings (SSSR count). The lowest BCUT2D eigenvalue weighted by Gasteiger charge is -2.25. The zero-order chi connectivity index (χ0) is 16.8. The van der Waals surface area contributed by atoms with Crippen molar-refractivity contribution in [3.8, 4) is 0 Å². The Bertz CT molecular complexity index is 546. The molecule has 1 heterocycles. The molecule has 0 bridgehead atoms. The molecule has 1 aromatic heterocycles. The maximum atomic E-state index is 12.2. The Hall–Kier alpha value is -1.93. The molecule has 0 aromatic carbocycles. The van der Waals surface area contributed by atoms with Crippen LogP contribution >= 0.6 is 0 Å². The van der Waals surface area contributed by atoms with E-state index in [1.54, 1.807) is 6.92 Å². The fourth-order valence-corrected chi connectivity index (χ4v) is 1.61. The second kappa shape index (κ2) is 7.91. The van der Waals surface area contributed by atoms with E-state index in [1.165, 1.54) is 33.4 Å². The minimum absolute atomic E-state index is 0.0829. The van der Waals surface area contributed by atoms with Crippen LogP contribution in [0.5, 0.6) is 0 Å². The number of hydrogen-bond donors (Lipinski definition) is 1. The van der Waals surface area contributed by atoms with Crippen LogP contribution in [0, 0.1) is 0 Å². The van der Waals surface area contributed by atoms with Gasteiger partial charge in [-0.2, -0.15) is 0 Å². The molecule has 8 heteroatoms. The molecule has 7 nitrogen and oxygen atoms in total. The Kier molecular flexibility index (Phi) is 6.51. The van der Waals surface area contributed by atoms with E-state index in [-0.39, 0.29) is 13.0 Å². The highest BCUT2D eigenvalue weighted by Gasteiger charge is 2.33. The lowest BCUT2D eigenvalue weighted by molar-refractivity contribution is -0.195. The minimum atomic E-state index is -1.47. The van der Waals surface area contributed by atoms with Crippen LogP contribution in [0.1, 0.15) is 19.5 Å². The van der Waals surface area contributed by atoms with Crippen LogP contribution in [0.15, 0.2) is 12.3 Å². The zero-order valence-electron chi connectivity index (χ0n) is 13.1. The second-order valence-electron chi connectivity index (χ2n) is 4.55. The van der Waals surface area contributed by atoms with Gasteiger partial charge >= 0.3 is 5.97 Å². The van der Waals surface area contributed by atoms with Crippen molar-refractivity contribution < 1.29 is 23.8 Å². The highest BCUT2D eigenvalue weighted by molar-refractivity contribution is 6.32.